The van der Waals surface area contributed by atoms with Crippen LogP contribution in [-0.4, -0.2) is 55.4 Å². The van der Waals surface area contributed by atoms with E-state index < -0.39 is 11.6 Å². The van der Waals surface area contributed by atoms with Crippen molar-refractivity contribution in [3.63, 3.8) is 0 Å². The molecule has 20 heavy (non-hydrogen) atoms. The predicted octanol–water partition coefficient (Wildman–Crippen LogP) is -0.882. The summed E-state index contributed by atoms with van der Waals surface area (Å²) in [5, 5.41) is 9.68. The third-order valence-electron chi connectivity index (χ3n) is 1.40. The maximum atomic E-state index is 11.2. The normalized spacial score (nSPS) is 9.40. The fourth-order valence-electron chi connectivity index (χ4n) is 0.864. The Morgan fingerprint density at radius 1 is 1.30 bits per heavy atom. The second-order valence-electron chi connectivity index (χ2n) is 4.29. The van der Waals surface area contributed by atoms with Crippen LogP contribution in [0.5, 0.6) is 0 Å². The van der Waals surface area contributed by atoms with Gasteiger partial charge >= 0.3 is 11.9 Å². The summed E-state index contributed by atoms with van der Waals surface area (Å²) >= 11 is 0. The molecule has 0 radical (unpaired) electrons. The van der Waals surface area contributed by atoms with E-state index in [2.05, 4.69) is 5.32 Å². The predicted molar refractivity (Wildman–Crippen MR) is 67.4 cm³/mol. The first-order chi connectivity index (χ1) is 8.76. The molecule has 0 rings (SSSR count). The minimum absolute atomic E-state index is 0. The number of carbonyl (C=O) groups excluding carboxylic acids is 2. The van der Waals surface area contributed by atoms with Gasteiger partial charge in [0.2, 0.25) is 0 Å². The van der Waals surface area contributed by atoms with Gasteiger partial charge in [-0.15, -0.1) is 0 Å². The number of hydrogen-bond acceptors (Lipinski definition) is 7. The molecule has 0 unspecified atom stereocenters. The maximum Gasteiger partial charge on any atom is 0.320 e. The number of hydrogen-bond donors (Lipinski definition) is 3. The van der Waals surface area contributed by atoms with Crippen molar-refractivity contribution in [2.75, 3.05) is 26.2 Å². The van der Waals surface area contributed by atoms with Crippen LogP contribution in [0.2, 0.25) is 0 Å². The van der Waals surface area contributed by atoms with E-state index in [0.717, 1.165) is 0 Å². The van der Waals surface area contributed by atoms with Gasteiger partial charge in [-0.25, -0.2) is 0 Å². The van der Waals surface area contributed by atoms with Crippen molar-refractivity contribution < 1.29 is 50.0 Å². The summed E-state index contributed by atoms with van der Waals surface area (Å²) in [6, 6.07) is 0. The molecule has 8 nitrogen and oxygen atoms in total. The van der Waals surface area contributed by atoms with Crippen LogP contribution in [0.25, 0.3) is 0 Å². The first kappa shape index (κ1) is 24.1. The molecular formula is C11H22N2O6W. The minimum atomic E-state index is -0.481. The fraction of sp³-hybridized carbons (Fsp3) is 0.727. The molecule has 4 N–H and O–H groups in total. The molecule has 0 saturated heterocycles. The average molecular weight is 462 g/mol. The molecule has 0 aromatic heterocycles. The van der Waals surface area contributed by atoms with Crippen LogP contribution in [0.15, 0.2) is 0 Å². The van der Waals surface area contributed by atoms with E-state index in [9.17, 15) is 9.59 Å². The van der Waals surface area contributed by atoms with Gasteiger partial charge in [0.15, 0.2) is 0 Å². The molecule has 0 fully saturated rings. The first-order valence-electron chi connectivity index (χ1n) is 5.63. The first-order valence-corrected chi connectivity index (χ1v) is 5.63. The van der Waals surface area contributed by atoms with Crippen molar-refractivity contribution in [2.24, 2.45) is 5.73 Å². The number of rotatable bonds is 6. The number of esters is 2. The molecule has 9 heteroatoms. The quantitative estimate of drug-likeness (QED) is 0.264. The van der Waals surface area contributed by atoms with Gasteiger partial charge in [-0.3, -0.25) is 14.4 Å². The Labute approximate surface area is 132 Å². The summed E-state index contributed by atoms with van der Waals surface area (Å²) in [6.07, 6.45) is 0. The molecular weight excluding hydrogens is 440 g/mol. The van der Waals surface area contributed by atoms with E-state index in [1.807, 2.05) is 0 Å². The molecule has 0 heterocycles. The Bertz CT molecular complexity index is 281. The second-order valence-corrected chi connectivity index (χ2v) is 4.29. The SMILES string of the molecule is CC(C)(C)OC(=O)CNCCOC(=O)CN.O=CO.[W]. The standard InChI is InChI=1S/C10H20N2O4.CH2O2.W/c1-10(2,3)16-9(14)7-12-4-5-15-8(13)6-11;2-1-3;/h12H,4-7,11H2,1-3H3;1H,(H,2,3);. The zero-order valence-corrected chi connectivity index (χ0v) is 14.8. The fourth-order valence-corrected chi connectivity index (χ4v) is 0.864. The summed E-state index contributed by atoms with van der Waals surface area (Å²) in [4.78, 5) is 30.2. The van der Waals surface area contributed by atoms with E-state index in [-0.39, 0.29) is 53.2 Å². The van der Waals surface area contributed by atoms with Crippen molar-refractivity contribution in [2.45, 2.75) is 26.4 Å². The van der Waals surface area contributed by atoms with Gasteiger partial charge in [0, 0.05) is 27.6 Å². The summed E-state index contributed by atoms with van der Waals surface area (Å²) in [5.74, 6) is -0.795. The van der Waals surface area contributed by atoms with E-state index in [4.69, 9.17) is 25.1 Å². The zero-order valence-electron chi connectivity index (χ0n) is 11.9. The van der Waals surface area contributed by atoms with Gasteiger partial charge in [-0.2, -0.15) is 0 Å². The second kappa shape index (κ2) is 14.4. The molecule has 0 aromatic rings. The Kier molecular flexibility index (Phi) is 17.4. The van der Waals surface area contributed by atoms with Crippen LogP contribution in [-0.2, 0) is 44.9 Å². The Morgan fingerprint density at radius 2 is 1.80 bits per heavy atom. The van der Waals surface area contributed by atoms with Crippen molar-refractivity contribution in [3.8, 4) is 0 Å². The van der Waals surface area contributed by atoms with Crippen LogP contribution in [0, 0.1) is 0 Å². The molecule has 0 aliphatic heterocycles. The van der Waals surface area contributed by atoms with Gasteiger partial charge in [0.25, 0.3) is 6.47 Å². The zero-order chi connectivity index (χ0) is 15.3. The number of nitrogens with one attached hydrogen (secondary N) is 1. The van der Waals surface area contributed by atoms with Crippen molar-refractivity contribution in [1.82, 2.24) is 5.32 Å². The van der Waals surface area contributed by atoms with E-state index in [1.54, 1.807) is 20.8 Å². The van der Waals surface area contributed by atoms with E-state index in [1.165, 1.54) is 0 Å². The van der Waals surface area contributed by atoms with Crippen LogP contribution in [0.4, 0.5) is 0 Å². The molecule has 0 amide bonds. The molecule has 0 spiro atoms. The molecule has 0 aliphatic carbocycles. The summed E-state index contributed by atoms with van der Waals surface area (Å²) in [5.41, 5.74) is 4.55. The molecule has 0 aromatic carbocycles. The third-order valence-corrected chi connectivity index (χ3v) is 1.40. The monoisotopic (exact) mass is 462 g/mol. The van der Waals surface area contributed by atoms with Gasteiger partial charge < -0.3 is 25.6 Å². The van der Waals surface area contributed by atoms with Gasteiger partial charge in [-0.05, 0) is 20.8 Å². The maximum absolute atomic E-state index is 11.2. The summed E-state index contributed by atoms with van der Waals surface area (Å²) in [7, 11) is 0. The van der Waals surface area contributed by atoms with Crippen molar-refractivity contribution in [1.29, 1.82) is 0 Å². The van der Waals surface area contributed by atoms with Crippen molar-refractivity contribution in [3.05, 3.63) is 0 Å². The van der Waals surface area contributed by atoms with Crippen LogP contribution < -0.4 is 11.1 Å². The summed E-state index contributed by atoms with van der Waals surface area (Å²) in [6.45, 7) is 5.70. The minimum Gasteiger partial charge on any atom is -0.483 e. The molecule has 118 valence electrons. The van der Waals surface area contributed by atoms with Gasteiger partial charge in [0.05, 0.1) is 13.1 Å². The Balaban J connectivity index is -0.000000657. The summed E-state index contributed by atoms with van der Waals surface area (Å²) < 4.78 is 9.75. The molecule has 0 saturated carbocycles. The Morgan fingerprint density at radius 3 is 2.20 bits per heavy atom. The average Bonchev–Trinajstić information content (AvgIpc) is 2.26. The van der Waals surface area contributed by atoms with Gasteiger partial charge in [0.1, 0.15) is 12.2 Å². The number of nitrogens with two attached hydrogens (primary N) is 1. The molecule has 0 atom stereocenters. The third kappa shape index (κ3) is 22.2. The van der Waals surface area contributed by atoms with E-state index >= 15 is 0 Å². The van der Waals surface area contributed by atoms with E-state index in [0.29, 0.717) is 6.54 Å². The Hall–Kier alpha value is -0.982. The number of ether oxygens (including phenoxy) is 2. The molecule has 0 aliphatic rings. The number of carboxylic acid groups (broad SMARTS) is 1. The van der Waals surface area contributed by atoms with Gasteiger partial charge in [-0.1, -0.05) is 0 Å². The van der Waals surface area contributed by atoms with Crippen LogP contribution >= 0.6 is 0 Å². The van der Waals surface area contributed by atoms with Crippen LogP contribution in [0.3, 0.4) is 0 Å². The van der Waals surface area contributed by atoms with Crippen molar-refractivity contribution >= 4 is 18.4 Å². The smallest absolute Gasteiger partial charge is 0.320 e. The van der Waals surface area contributed by atoms with Crippen LogP contribution in [0.1, 0.15) is 20.8 Å². The topological polar surface area (TPSA) is 128 Å². The molecule has 0 bridgehead atoms. The largest absolute Gasteiger partial charge is 0.483 e. The number of carbonyl (C=O) groups is 3.